The highest BCUT2D eigenvalue weighted by Gasteiger charge is 2.03. The first-order chi connectivity index (χ1) is 11.7. The summed E-state index contributed by atoms with van der Waals surface area (Å²) in [6.45, 7) is 1.07. The predicted octanol–water partition coefficient (Wildman–Crippen LogP) is 2.76. The van der Waals surface area contributed by atoms with Crippen LogP contribution < -0.4 is 20.1 Å². The van der Waals surface area contributed by atoms with Crippen LogP contribution in [0.1, 0.15) is 5.56 Å². The molecular formula is C18H21FN2O3. The molecule has 0 aliphatic rings. The number of rotatable bonds is 8. The molecule has 0 fully saturated rings. The van der Waals surface area contributed by atoms with E-state index in [2.05, 4.69) is 10.6 Å². The van der Waals surface area contributed by atoms with E-state index in [-0.39, 0.29) is 11.8 Å². The molecule has 0 spiro atoms. The molecule has 0 aliphatic heterocycles. The first-order valence-corrected chi connectivity index (χ1v) is 7.71. The summed E-state index contributed by atoms with van der Waals surface area (Å²) in [5.74, 6) is 1.13. The van der Waals surface area contributed by atoms with Gasteiger partial charge < -0.3 is 20.1 Å². The van der Waals surface area contributed by atoms with Gasteiger partial charge in [-0.3, -0.25) is 0 Å². The summed E-state index contributed by atoms with van der Waals surface area (Å²) in [6, 6.07) is 13.5. The molecule has 2 aromatic carbocycles. The average molecular weight is 332 g/mol. The van der Waals surface area contributed by atoms with Crippen LogP contribution in [0.2, 0.25) is 0 Å². The van der Waals surface area contributed by atoms with Gasteiger partial charge in [0.05, 0.1) is 13.7 Å². The number of hydrogen-bond donors (Lipinski definition) is 2. The first-order valence-electron chi connectivity index (χ1n) is 7.71. The van der Waals surface area contributed by atoms with Gasteiger partial charge in [0.2, 0.25) is 0 Å². The Hall–Kier alpha value is -2.76. The topological polar surface area (TPSA) is 59.6 Å². The molecule has 2 amide bonds. The molecule has 0 unspecified atom stereocenters. The van der Waals surface area contributed by atoms with E-state index < -0.39 is 0 Å². The van der Waals surface area contributed by atoms with Crippen LogP contribution in [0, 0.1) is 5.82 Å². The second-order valence-electron chi connectivity index (χ2n) is 5.05. The summed E-state index contributed by atoms with van der Waals surface area (Å²) in [7, 11) is 1.59. The van der Waals surface area contributed by atoms with Crippen LogP contribution in [0.5, 0.6) is 11.5 Å². The number of amides is 2. The van der Waals surface area contributed by atoms with Crippen molar-refractivity contribution in [2.24, 2.45) is 0 Å². The SMILES string of the molecule is COc1cccc(OCCNC(=O)NCCc2ccccc2F)c1. The highest BCUT2D eigenvalue weighted by molar-refractivity contribution is 5.73. The van der Waals surface area contributed by atoms with Gasteiger partial charge in [-0.25, -0.2) is 9.18 Å². The summed E-state index contributed by atoms with van der Waals surface area (Å²) < 4.78 is 24.0. The third kappa shape index (κ3) is 5.79. The molecule has 2 rings (SSSR count). The summed E-state index contributed by atoms with van der Waals surface area (Å²) in [4.78, 5) is 11.6. The maximum atomic E-state index is 13.4. The van der Waals surface area contributed by atoms with Crippen LogP contribution in [-0.2, 0) is 6.42 Å². The molecule has 0 aliphatic carbocycles. The molecule has 0 saturated heterocycles. The lowest BCUT2D eigenvalue weighted by molar-refractivity contribution is 0.236. The molecule has 0 aromatic heterocycles. The van der Waals surface area contributed by atoms with Crippen molar-refractivity contribution in [2.75, 3.05) is 26.8 Å². The van der Waals surface area contributed by atoms with Crippen LogP contribution in [0.3, 0.4) is 0 Å². The number of ether oxygens (including phenoxy) is 2. The highest BCUT2D eigenvalue weighted by atomic mass is 19.1. The zero-order valence-corrected chi connectivity index (χ0v) is 13.5. The molecule has 2 aromatic rings. The number of methoxy groups -OCH3 is 1. The number of halogens is 1. The van der Waals surface area contributed by atoms with Crippen LogP contribution in [0.15, 0.2) is 48.5 Å². The van der Waals surface area contributed by atoms with Crippen LogP contribution >= 0.6 is 0 Å². The number of urea groups is 1. The minimum Gasteiger partial charge on any atom is -0.497 e. The molecule has 0 bridgehead atoms. The molecule has 2 N–H and O–H groups in total. The van der Waals surface area contributed by atoms with Crippen LogP contribution in [0.25, 0.3) is 0 Å². The Morgan fingerprint density at radius 3 is 2.58 bits per heavy atom. The van der Waals surface area contributed by atoms with Crippen LogP contribution in [0.4, 0.5) is 9.18 Å². The van der Waals surface area contributed by atoms with Gasteiger partial charge in [0, 0.05) is 12.6 Å². The molecule has 24 heavy (non-hydrogen) atoms. The summed E-state index contributed by atoms with van der Waals surface area (Å²) in [5, 5.41) is 5.37. The van der Waals surface area contributed by atoms with Crippen molar-refractivity contribution in [1.29, 1.82) is 0 Å². The second-order valence-corrected chi connectivity index (χ2v) is 5.05. The first kappa shape index (κ1) is 17.6. The largest absolute Gasteiger partial charge is 0.497 e. The maximum absolute atomic E-state index is 13.4. The van der Waals surface area contributed by atoms with E-state index in [9.17, 15) is 9.18 Å². The molecule has 5 nitrogen and oxygen atoms in total. The predicted molar refractivity (Wildman–Crippen MR) is 90.0 cm³/mol. The Labute approximate surface area is 140 Å². The third-order valence-electron chi connectivity index (χ3n) is 3.34. The van der Waals surface area contributed by atoms with Gasteiger partial charge in [0.25, 0.3) is 0 Å². The minimum atomic E-state index is -0.305. The standard InChI is InChI=1S/C18H21FN2O3/c1-23-15-6-4-7-16(13-15)24-12-11-21-18(22)20-10-9-14-5-2-3-8-17(14)19/h2-8,13H,9-12H2,1H3,(H2,20,21,22). The van der Waals surface area contributed by atoms with E-state index >= 15 is 0 Å². The molecule has 0 radical (unpaired) electrons. The molecule has 0 heterocycles. The van der Waals surface area contributed by atoms with Gasteiger partial charge in [0.15, 0.2) is 0 Å². The molecule has 0 atom stereocenters. The maximum Gasteiger partial charge on any atom is 0.314 e. The van der Waals surface area contributed by atoms with E-state index in [1.807, 2.05) is 18.2 Å². The minimum absolute atomic E-state index is 0.258. The fraction of sp³-hybridized carbons (Fsp3) is 0.278. The van der Waals surface area contributed by atoms with Gasteiger partial charge >= 0.3 is 6.03 Å². The smallest absolute Gasteiger partial charge is 0.314 e. The number of hydrogen-bond acceptors (Lipinski definition) is 3. The van der Waals surface area contributed by atoms with Gasteiger partial charge in [0.1, 0.15) is 23.9 Å². The average Bonchev–Trinajstić information content (AvgIpc) is 2.60. The number of carbonyl (C=O) groups excluding carboxylic acids is 1. The fourth-order valence-electron chi connectivity index (χ4n) is 2.10. The van der Waals surface area contributed by atoms with Crippen LogP contribution in [-0.4, -0.2) is 32.8 Å². The Balaban J connectivity index is 1.60. The molecule has 128 valence electrons. The zero-order chi connectivity index (χ0) is 17.2. The van der Waals surface area contributed by atoms with E-state index in [4.69, 9.17) is 9.47 Å². The van der Waals surface area contributed by atoms with Crippen molar-refractivity contribution >= 4 is 6.03 Å². The van der Waals surface area contributed by atoms with Crippen molar-refractivity contribution in [2.45, 2.75) is 6.42 Å². The van der Waals surface area contributed by atoms with Crippen molar-refractivity contribution in [3.8, 4) is 11.5 Å². The number of nitrogens with one attached hydrogen (secondary N) is 2. The fourth-order valence-corrected chi connectivity index (χ4v) is 2.10. The van der Waals surface area contributed by atoms with Gasteiger partial charge in [-0.15, -0.1) is 0 Å². The number of benzene rings is 2. The Morgan fingerprint density at radius 2 is 1.79 bits per heavy atom. The van der Waals surface area contributed by atoms with Crippen molar-refractivity contribution in [1.82, 2.24) is 10.6 Å². The monoisotopic (exact) mass is 332 g/mol. The lowest BCUT2D eigenvalue weighted by Gasteiger charge is -2.10. The zero-order valence-electron chi connectivity index (χ0n) is 13.5. The van der Waals surface area contributed by atoms with Gasteiger partial charge in [-0.05, 0) is 30.2 Å². The van der Waals surface area contributed by atoms with E-state index in [0.717, 1.165) is 0 Å². The lowest BCUT2D eigenvalue weighted by Crippen LogP contribution is -2.38. The Kier molecular flexibility index (Phi) is 6.89. The Morgan fingerprint density at radius 1 is 1.04 bits per heavy atom. The lowest BCUT2D eigenvalue weighted by atomic mass is 10.1. The number of carbonyl (C=O) groups is 1. The van der Waals surface area contributed by atoms with Gasteiger partial charge in [-0.1, -0.05) is 24.3 Å². The quantitative estimate of drug-likeness (QED) is 0.731. The van der Waals surface area contributed by atoms with Crippen molar-refractivity contribution in [3.05, 3.63) is 59.9 Å². The second kappa shape index (κ2) is 9.39. The summed E-state index contributed by atoms with van der Waals surface area (Å²) >= 11 is 0. The summed E-state index contributed by atoms with van der Waals surface area (Å²) in [5.41, 5.74) is 0.583. The van der Waals surface area contributed by atoms with Crippen molar-refractivity contribution < 1.29 is 18.7 Å². The van der Waals surface area contributed by atoms with Gasteiger partial charge in [-0.2, -0.15) is 0 Å². The molecule has 6 heteroatoms. The normalized spacial score (nSPS) is 10.1. The molecular weight excluding hydrogens is 311 g/mol. The van der Waals surface area contributed by atoms with E-state index in [1.54, 1.807) is 31.4 Å². The van der Waals surface area contributed by atoms with E-state index in [0.29, 0.717) is 43.2 Å². The Bertz CT molecular complexity index is 664. The molecule has 0 saturated carbocycles. The highest BCUT2D eigenvalue weighted by Crippen LogP contribution is 2.18. The summed E-state index contributed by atoms with van der Waals surface area (Å²) in [6.07, 6.45) is 0.445. The third-order valence-corrected chi connectivity index (χ3v) is 3.34. The van der Waals surface area contributed by atoms with E-state index in [1.165, 1.54) is 6.07 Å². The van der Waals surface area contributed by atoms with Crippen molar-refractivity contribution in [3.63, 3.8) is 0 Å².